The smallest absolute Gasteiger partial charge is 0.159 e. The maximum Gasteiger partial charge on any atom is 0.159 e. The summed E-state index contributed by atoms with van der Waals surface area (Å²) in [5.74, 6) is -0.909. The van der Waals surface area contributed by atoms with Crippen molar-refractivity contribution in [3.8, 4) is 0 Å². The number of aliphatic hydroxyl groups is 1. The van der Waals surface area contributed by atoms with Crippen LogP contribution in [0.4, 0.5) is 8.78 Å². The summed E-state index contributed by atoms with van der Waals surface area (Å²) >= 11 is 0. The third-order valence-electron chi connectivity index (χ3n) is 4.19. The SMILES string of the molecule is CCCn1ncnc1CN1CC(O)CC1c1ccc(F)c(F)c1. The van der Waals surface area contributed by atoms with Gasteiger partial charge in [-0.1, -0.05) is 13.0 Å². The van der Waals surface area contributed by atoms with E-state index >= 15 is 0 Å². The first-order chi connectivity index (χ1) is 11.1. The summed E-state index contributed by atoms with van der Waals surface area (Å²) in [5, 5.41) is 14.2. The molecule has 3 rings (SSSR count). The summed E-state index contributed by atoms with van der Waals surface area (Å²) in [6, 6.07) is 3.76. The molecular formula is C16H20F2N4O. The number of likely N-dealkylation sites (tertiary alicyclic amines) is 1. The largest absolute Gasteiger partial charge is 0.392 e. The van der Waals surface area contributed by atoms with Crippen LogP contribution in [0.3, 0.4) is 0 Å². The van der Waals surface area contributed by atoms with E-state index in [2.05, 4.69) is 17.0 Å². The minimum absolute atomic E-state index is 0.160. The number of aliphatic hydroxyl groups excluding tert-OH is 1. The summed E-state index contributed by atoms with van der Waals surface area (Å²) in [6.45, 7) is 3.83. The standard InChI is InChI=1S/C16H20F2N4O/c1-2-5-22-16(19-10-20-22)9-21-8-12(23)7-15(21)11-3-4-13(17)14(18)6-11/h3-4,6,10,12,15,23H,2,5,7-9H2,1H3. The van der Waals surface area contributed by atoms with E-state index in [9.17, 15) is 13.9 Å². The van der Waals surface area contributed by atoms with E-state index in [1.807, 2.05) is 9.58 Å². The van der Waals surface area contributed by atoms with E-state index in [4.69, 9.17) is 0 Å². The Morgan fingerprint density at radius 3 is 2.87 bits per heavy atom. The Hall–Kier alpha value is -1.86. The normalized spacial score (nSPS) is 21.9. The van der Waals surface area contributed by atoms with Gasteiger partial charge in [-0.15, -0.1) is 0 Å². The number of hydrogen-bond donors (Lipinski definition) is 1. The molecule has 5 nitrogen and oxygen atoms in total. The quantitative estimate of drug-likeness (QED) is 0.917. The van der Waals surface area contributed by atoms with Crippen molar-refractivity contribution in [3.63, 3.8) is 0 Å². The molecule has 1 aromatic carbocycles. The van der Waals surface area contributed by atoms with Crippen LogP contribution in [0.25, 0.3) is 0 Å². The topological polar surface area (TPSA) is 54.2 Å². The molecule has 1 aliphatic heterocycles. The molecule has 124 valence electrons. The lowest BCUT2D eigenvalue weighted by Crippen LogP contribution is -2.26. The average Bonchev–Trinajstić information content (AvgIpc) is 3.10. The lowest BCUT2D eigenvalue weighted by Gasteiger charge is -2.24. The van der Waals surface area contributed by atoms with Gasteiger partial charge in [-0.3, -0.25) is 4.90 Å². The minimum atomic E-state index is -0.863. The van der Waals surface area contributed by atoms with Gasteiger partial charge in [0.2, 0.25) is 0 Å². The monoisotopic (exact) mass is 322 g/mol. The summed E-state index contributed by atoms with van der Waals surface area (Å²) in [4.78, 5) is 6.31. The first kappa shape index (κ1) is 16.0. The van der Waals surface area contributed by atoms with Gasteiger partial charge in [-0.2, -0.15) is 5.10 Å². The molecule has 1 aromatic heterocycles. The zero-order valence-corrected chi connectivity index (χ0v) is 13.0. The van der Waals surface area contributed by atoms with Crippen molar-refractivity contribution < 1.29 is 13.9 Å². The van der Waals surface area contributed by atoms with Crippen LogP contribution in [0.15, 0.2) is 24.5 Å². The molecule has 7 heteroatoms. The number of β-amino-alcohol motifs (C(OH)–C–C–N with tert-alkyl or cyclic N) is 1. The molecule has 1 saturated heterocycles. The van der Waals surface area contributed by atoms with E-state index in [-0.39, 0.29) is 6.04 Å². The lowest BCUT2D eigenvalue weighted by atomic mass is 10.0. The van der Waals surface area contributed by atoms with E-state index in [1.165, 1.54) is 12.4 Å². The Balaban J connectivity index is 1.82. The van der Waals surface area contributed by atoms with Crippen molar-refractivity contribution in [2.45, 2.75) is 45.0 Å². The second kappa shape index (κ2) is 6.72. The molecular weight excluding hydrogens is 302 g/mol. The third kappa shape index (κ3) is 3.40. The second-order valence-electron chi connectivity index (χ2n) is 5.91. The van der Waals surface area contributed by atoms with E-state index in [0.29, 0.717) is 25.1 Å². The minimum Gasteiger partial charge on any atom is -0.392 e. The number of aryl methyl sites for hydroxylation is 1. The van der Waals surface area contributed by atoms with E-state index < -0.39 is 17.7 Å². The van der Waals surface area contributed by atoms with Gasteiger partial charge in [-0.05, 0) is 30.5 Å². The van der Waals surface area contributed by atoms with Crippen molar-refractivity contribution in [2.24, 2.45) is 0 Å². The molecule has 2 unspecified atom stereocenters. The molecule has 2 aromatic rings. The van der Waals surface area contributed by atoms with Gasteiger partial charge < -0.3 is 5.11 Å². The zero-order chi connectivity index (χ0) is 16.4. The number of aromatic nitrogens is 3. The molecule has 2 atom stereocenters. The molecule has 1 fully saturated rings. The fraction of sp³-hybridized carbons (Fsp3) is 0.500. The Morgan fingerprint density at radius 2 is 2.13 bits per heavy atom. The molecule has 0 bridgehead atoms. The zero-order valence-electron chi connectivity index (χ0n) is 13.0. The van der Waals surface area contributed by atoms with Gasteiger partial charge in [0.25, 0.3) is 0 Å². The van der Waals surface area contributed by atoms with Gasteiger partial charge in [0.1, 0.15) is 12.2 Å². The van der Waals surface area contributed by atoms with Gasteiger partial charge in [0, 0.05) is 19.1 Å². The van der Waals surface area contributed by atoms with Crippen molar-refractivity contribution in [2.75, 3.05) is 6.54 Å². The van der Waals surface area contributed by atoms with Crippen LogP contribution >= 0.6 is 0 Å². The summed E-state index contributed by atoms with van der Waals surface area (Å²) in [5.41, 5.74) is 0.669. The van der Waals surface area contributed by atoms with Gasteiger partial charge in [-0.25, -0.2) is 18.4 Å². The first-order valence-electron chi connectivity index (χ1n) is 7.82. The Kier molecular flexibility index (Phi) is 4.68. The van der Waals surface area contributed by atoms with Gasteiger partial charge in [0.15, 0.2) is 11.6 Å². The highest BCUT2D eigenvalue weighted by molar-refractivity contribution is 5.23. The fourth-order valence-electron chi connectivity index (χ4n) is 3.11. The van der Waals surface area contributed by atoms with Crippen LogP contribution in [-0.4, -0.2) is 37.4 Å². The molecule has 23 heavy (non-hydrogen) atoms. The van der Waals surface area contributed by atoms with Crippen molar-refractivity contribution in [3.05, 3.63) is 47.5 Å². The van der Waals surface area contributed by atoms with Gasteiger partial charge in [0.05, 0.1) is 12.6 Å². The second-order valence-corrected chi connectivity index (χ2v) is 5.91. The van der Waals surface area contributed by atoms with Crippen LogP contribution in [0, 0.1) is 11.6 Å². The predicted molar refractivity (Wildman–Crippen MR) is 80.4 cm³/mol. The molecule has 2 heterocycles. The summed E-state index contributed by atoms with van der Waals surface area (Å²) in [6.07, 6.45) is 2.47. The van der Waals surface area contributed by atoms with Crippen LogP contribution in [0.2, 0.25) is 0 Å². The highest BCUT2D eigenvalue weighted by Crippen LogP contribution is 2.33. The third-order valence-corrected chi connectivity index (χ3v) is 4.19. The average molecular weight is 322 g/mol. The van der Waals surface area contributed by atoms with Gasteiger partial charge >= 0.3 is 0 Å². The maximum absolute atomic E-state index is 13.5. The van der Waals surface area contributed by atoms with Crippen molar-refractivity contribution in [1.29, 1.82) is 0 Å². The van der Waals surface area contributed by atoms with E-state index in [0.717, 1.165) is 24.9 Å². The Labute approximate surface area is 133 Å². The lowest BCUT2D eigenvalue weighted by molar-refractivity contribution is 0.170. The van der Waals surface area contributed by atoms with Crippen molar-refractivity contribution >= 4 is 0 Å². The number of rotatable bonds is 5. The summed E-state index contributed by atoms with van der Waals surface area (Å²) in [7, 11) is 0. The van der Waals surface area contributed by atoms with Crippen LogP contribution in [-0.2, 0) is 13.1 Å². The summed E-state index contributed by atoms with van der Waals surface area (Å²) < 4.78 is 28.5. The maximum atomic E-state index is 13.5. The molecule has 1 N–H and O–H groups in total. The van der Waals surface area contributed by atoms with E-state index in [1.54, 1.807) is 6.07 Å². The number of hydrogen-bond acceptors (Lipinski definition) is 4. The predicted octanol–water partition coefficient (Wildman–Crippen LogP) is 2.27. The number of nitrogens with zero attached hydrogens (tertiary/aromatic N) is 4. The van der Waals surface area contributed by atoms with Crippen molar-refractivity contribution in [1.82, 2.24) is 19.7 Å². The first-order valence-corrected chi connectivity index (χ1v) is 7.82. The highest BCUT2D eigenvalue weighted by atomic mass is 19.2. The van der Waals surface area contributed by atoms with Crippen LogP contribution in [0.1, 0.15) is 37.2 Å². The van der Waals surface area contributed by atoms with Crippen LogP contribution < -0.4 is 0 Å². The number of halogens is 2. The Bertz CT molecular complexity index is 676. The molecule has 0 amide bonds. The molecule has 0 aliphatic carbocycles. The fourth-order valence-corrected chi connectivity index (χ4v) is 3.11. The Morgan fingerprint density at radius 1 is 1.30 bits per heavy atom. The molecule has 0 spiro atoms. The molecule has 0 radical (unpaired) electrons. The highest BCUT2D eigenvalue weighted by Gasteiger charge is 2.33. The number of benzene rings is 1. The van der Waals surface area contributed by atoms with Crippen LogP contribution in [0.5, 0.6) is 0 Å². The molecule has 0 saturated carbocycles. The molecule has 1 aliphatic rings.